The van der Waals surface area contributed by atoms with Crippen LogP contribution in [0.25, 0.3) is 0 Å². The van der Waals surface area contributed by atoms with Gasteiger partial charge in [-0.3, -0.25) is 9.78 Å². The van der Waals surface area contributed by atoms with Gasteiger partial charge in [-0.15, -0.1) is 0 Å². The Balaban J connectivity index is 2.48. The Hall–Kier alpha value is -1.46. The van der Waals surface area contributed by atoms with Crippen molar-refractivity contribution in [3.63, 3.8) is 0 Å². The van der Waals surface area contributed by atoms with Gasteiger partial charge in [0.2, 0.25) is 0 Å². The molecule has 1 atom stereocenters. The van der Waals surface area contributed by atoms with Gasteiger partial charge in [0.25, 0.3) is 5.91 Å². The van der Waals surface area contributed by atoms with E-state index in [1.165, 1.54) is 0 Å². The first kappa shape index (κ1) is 13.6. The molecule has 94 valence electrons. The van der Waals surface area contributed by atoms with Crippen molar-refractivity contribution in [1.29, 1.82) is 0 Å². The molecule has 17 heavy (non-hydrogen) atoms. The lowest BCUT2D eigenvalue weighted by Gasteiger charge is -2.27. The van der Waals surface area contributed by atoms with Crippen molar-refractivity contribution in [3.8, 4) is 0 Å². The highest BCUT2D eigenvalue weighted by molar-refractivity contribution is 5.93. The summed E-state index contributed by atoms with van der Waals surface area (Å²) in [7, 11) is 3.75. The SMILES string of the molecule is CN(C)CC(C)(O)CNC(=O)c1ccncc1. The molecule has 0 radical (unpaired) electrons. The highest BCUT2D eigenvalue weighted by atomic mass is 16.3. The van der Waals surface area contributed by atoms with Gasteiger partial charge in [0.15, 0.2) is 0 Å². The average molecular weight is 237 g/mol. The summed E-state index contributed by atoms with van der Waals surface area (Å²) >= 11 is 0. The van der Waals surface area contributed by atoms with Crippen LogP contribution in [0, 0.1) is 0 Å². The molecule has 1 aromatic heterocycles. The molecule has 0 saturated heterocycles. The molecule has 5 nitrogen and oxygen atoms in total. The molecule has 0 fully saturated rings. The number of pyridine rings is 1. The van der Waals surface area contributed by atoms with Gasteiger partial charge in [-0.05, 0) is 33.2 Å². The van der Waals surface area contributed by atoms with Crippen LogP contribution in [0.2, 0.25) is 0 Å². The molecule has 0 aliphatic carbocycles. The van der Waals surface area contributed by atoms with Gasteiger partial charge in [-0.1, -0.05) is 0 Å². The Morgan fingerprint density at radius 3 is 2.59 bits per heavy atom. The van der Waals surface area contributed by atoms with Crippen molar-refractivity contribution in [1.82, 2.24) is 15.2 Å². The van der Waals surface area contributed by atoms with Gasteiger partial charge < -0.3 is 15.3 Å². The van der Waals surface area contributed by atoms with E-state index in [0.29, 0.717) is 12.1 Å². The number of hydrogen-bond acceptors (Lipinski definition) is 4. The second-order valence-corrected chi connectivity index (χ2v) is 4.65. The number of nitrogens with one attached hydrogen (secondary N) is 1. The van der Waals surface area contributed by atoms with Crippen LogP contribution in [0.4, 0.5) is 0 Å². The summed E-state index contributed by atoms with van der Waals surface area (Å²) in [6.07, 6.45) is 3.12. The molecule has 0 aromatic carbocycles. The zero-order valence-electron chi connectivity index (χ0n) is 10.5. The zero-order valence-corrected chi connectivity index (χ0v) is 10.5. The maximum Gasteiger partial charge on any atom is 0.251 e. The molecule has 1 aromatic rings. The van der Waals surface area contributed by atoms with E-state index in [1.807, 2.05) is 19.0 Å². The molecule has 0 spiro atoms. The van der Waals surface area contributed by atoms with Gasteiger partial charge in [0.1, 0.15) is 0 Å². The van der Waals surface area contributed by atoms with Crippen molar-refractivity contribution in [2.45, 2.75) is 12.5 Å². The van der Waals surface area contributed by atoms with Crippen LogP contribution in [0.1, 0.15) is 17.3 Å². The first-order valence-electron chi connectivity index (χ1n) is 5.46. The number of carbonyl (C=O) groups excluding carboxylic acids is 1. The summed E-state index contributed by atoms with van der Waals surface area (Å²) in [5.74, 6) is -0.202. The van der Waals surface area contributed by atoms with Gasteiger partial charge in [-0.2, -0.15) is 0 Å². The Labute approximate surface area is 101 Å². The predicted molar refractivity (Wildman–Crippen MR) is 65.7 cm³/mol. The number of likely N-dealkylation sites (N-methyl/N-ethyl adjacent to an activating group) is 1. The quantitative estimate of drug-likeness (QED) is 0.763. The zero-order chi connectivity index (χ0) is 12.9. The lowest BCUT2D eigenvalue weighted by molar-refractivity contribution is 0.0326. The van der Waals surface area contributed by atoms with E-state index in [9.17, 15) is 9.90 Å². The first-order chi connectivity index (χ1) is 7.91. The Morgan fingerprint density at radius 2 is 2.06 bits per heavy atom. The minimum absolute atomic E-state index is 0.202. The number of hydrogen-bond donors (Lipinski definition) is 2. The van der Waals surface area contributed by atoms with E-state index < -0.39 is 5.60 Å². The first-order valence-corrected chi connectivity index (χ1v) is 5.46. The largest absolute Gasteiger partial charge is 0.387 e. The topological polar surface area (TPSA) is 65.5 Å². The molecule has 1 rings (SSSR count). The molecule has 1 unspecified atom stereocenters. The van der Waals surface area contributed by atoms with Crippen LogP contribution in [-0.4, -0.2) is 53.7 Å². The summed E-state index contributed by atoms with van der Waals surface area (Å²) < 4.78 is 0. The summed E-state index contributed by atoms with van der Waals surface area (Å²) in [6, 6.07) is 3.27. The van der Waals surface area contributed by atoms with Crippen molar-refractivity contribution >= 4 is 5.91 Å². The number of aliphatic hydroxyl groups is 1. The van der Waals surface area contributed by atoms with Crippen molar-refractivity contribution in [2.24, 2.45) is 0 Å². The van der Waals surface area contributed by atoms with Gasteiger partial charge in [0.05, 0.1) is 5.60 Å². The van der Waals surface area contributed by atoms with Crippen LogP contribution in [0.15, 0.2) is 24.5 Å². The molecule has 0 aliphatic rings. The molecule has 2 N–H and O–H groups in total. The van der Waals surface area contributed by atoms with Crippen LogP contribution < -0.4 is 5.32 Å². The number of nitrogens with zero attached hydrogens (tertiary/aromatic N) is 2. The standard InChI is InChI=1S/C12H19N3O2/c1-12(17,9-15(2)3)8-14-11(16)10-4-6-13-7-5-10/h4-7,17H,8-9H2,1-3H3,(H,14,16). The van der Waals surface area contributed by atoms with E-state index in [0.717, 1.165) is 0 Å². The van der Waals surface area contributed by atoms with E-state index in [-0.39, 0.29) is 12.5 Å². The third-order valence-electron chi connectivity index (χ3n) is 2.23. The second kappa shape index (κ2) is 5.75. The van der Waals surface area contributed by atoms with Gasteiger partial charge in [-0.25, -0.2) is 0 Å². The van der Waals surface area contributed by atoms with Gasteiger partial charge >= 0.3 is 0 Å². The van der Waals surface area contributed by atoms with E-state index in [2.05, 4.69) is 10.3 Å². The second-order valence-electron chi connectivity index (χ2n) is 4.65. The molecule has 5 heteroatoms. The fourth-order valence-electron chi connectivity index (χ4n) is 1.61. The Morgan fingerprint density at radius 1 is 1.47 bits per heavy atom. The van der Waals surface area contributed by atoms with Crippen molar-refractivity contribution < 1.29 is 9.90 Å². The Kier molecular flexibility index (Phi) is 4.60. The number of carbonyl (C=O) groups is 1. The molecule has 0 bridgehead atoms. The van der Waals surface area contributed by atoms with E-state index in [4.69, 9.17) is 0 Å². The van der Waals surface area contributed by atoms with Crippen LogP contribution in [0.3, 0.4) is 0 Å². The Bertz CT molecular complexity index is 363. The van der Waals surface area contributed by atoms with Gasteiger partial charge in [0, 0.05) is 31.0 Å². The van der Waals surface area contributed by atoms with Crippen LogP contribution >= 0.6 is 0 Å². The highest BCUT2D eigenvalue weighted by Gasteiger charge is 2.22. The average Bonchev–Trinajstić information content (AvgIpc) is 2.25. The van der Waals surface area contributed by atoms with E-state index >= 15 is 0 Å². The fraction of sp³-hybridized carbons (Fsp3) is 0.500. The van der Waals surface area contributed by atoms with Crippen LogP contribution in [0.5, 0.6) is 0 Å². The minimum Gasteiger partial charge on any atom is -0.387 e. The number of amides is 1. The van der Waals surface area contributed by atoms with Crippen molar-refractivity contribution in [3.05, 3.63) is 30.1 Å². The maximum absolute atomic E-state index is 11.7. The summed E-state index contributed by atoms with van der Waals surface area (Å²) in [6.45, 7) is 2.40. The molecule has 1 amide bonds. The normalized spacial score (nSPS) is 14.4. The molecular formula is C12H19N3O2. The third-order valence-corrected chi connectivity index (χ3v) is 2.23. The lowest BCUT2D eigenvalue weighted by Crippen LogP contribution is -2.47. The minimum atomic E-state index is -0.938. The molecule has 1 heterocycles. The van der Waals surface area contributed by atoms with Crippen molar-refractivity contribution in [2.75, 3.05) is 27.2 Å². The molecule has 0 saturated carbocycles. The predicted octanol–water partition coefficient (Wildman–Crippen LogP) is 0.124. The lowest BCUT2D eigenvalue weighted by atomic mass is 10.1. The highest BCUT2D eigenvalue weighted by Crippen LogP contribution is 2.03. The summed E-state index contributed by atoms with van der Waals surface area (Å²) in [5, 5.41) is 12.7. The number of aromatic nitrogens is 1. The third kappa shape index (κ3) is 4.93. The van der Waals surface area contributed by atoms with Crippen LogP contribution in [-0.2, 0) is 0 Å². The summed E-state index contributed by atoms with van der Waals surface area (Å²) in [4.78, 5) is 17.4. The number of rotatable bonds is 5. The van der Waals surface area contributed by atoms with E-state index in [1.54, 1.807) is 31.5 Å². The summed E-state index contributed by atoms with van der Waals surface area (Å²) in [5.41, 5.74) is -0.396. The monoisotopic (exact) mass is 237 g/mol. The maximum atomic E-state index is 11.7. The fourth-order valence-corrected chi connectivity index (χ4v) is 1.61. The smallest absolute Gasteiger partial charge is 0.251 e. The molecular weight excluding hydrogens is 218 g/mol. The molecule has 0 aliphatic heterocycles.